The SMILES string of the molecule is CCc1cnc(N2CCC(Oc3ncnc(Oc4ccccc4C4COS(=O)OC4)c3C)CC2)nc1. The number of nitrogens with zero attached hydrogens (tertiary/aromatic N) is 5. The van der Waals surface area contributed by atoms with E-state index >= 15 is 0 Å². The Hall–Kier alpha value is -3.15. The first kappa shape index (κ1) is 24.5. The smallest absolute Gasteiger partial charge is 0.304 e. The summed E-state index contributed by atoms with van der Waals surface area (Å²) >= 11 is -1.69. The van der Waals surface area contributed by atoms with Gasteiger partial charge in [-0.1, -0.05) is 25.1 Å². The van der Waals surface area contributed by atoms with Crippen LogP contribution in [0.4, 0.5) is 5.95 Å². The monoisotopic (exact) mass is 511 g/mol. The van der Waals surface area contributed by atoms with Crippen LogP contribution >= 0.6 is 0 Å². The van der Waals surface area contributed by atoms with Crippen molar-refractivity contribution in [2.24, 2.45) is 0 Å². The summed E-state index contributed by atoms with van der Waals surface area (Å²) in [5.41, 5.74) is 2.76. The number of hydrogen-bond acceptors (Lipinski definition) is 10. The molecule has 0 radical (unpaired) electrons. The van der Waals surface area contributed by atoms with E-state index in [1.54, 1.807) is 0 Å². The van der Waals surface area contributed by atoms with Crippen molar-refractivity contribution in [3.63, 3.8) is 0 Å². The fourth-order valence-electron chi connectivity index (χ4n) is 4.22. The Balaban J connectivity index is 1.23. The molecule has 36 heavy (non-hydrogen) atoms. The van der Waals surface area contributed by atoms with Crippen LogP contribution in [0.2, 0.25) is 0 Å². The van der Waals surface area contributed by atoms with Gasteiger partial charge in [0.25, 0.3) is 0 Å². The van der Waals surface area contributed by atoms with Gasteiger partial charge in [0.2, 0.25) is 17.7 Å². The van der Waals surface area contributed by atoms with E-state index in [4.69, 9.17) is 17.8 Å². The maximum absolute atomic E-state index is 11.4. The molecule has 0 atom stereocenters. The Labute approximate surface area is 212 Å². The highest BCUT2D eigenvalue weighted by Gasteiger charge is 2.26. The Morgan fingerprint density at radius 2 is 1.72 bits per heavy atom. The van der Waals surface area contributed by atoms with E-state index in [1.807, 2.05) is 43.6 Å². The van der Waals surface area contributed by atoms with Gasteiger partial charge in [-0.15, -0.1) is 0 Å². The van der Waals surface area contributed by atoms with Gasteiger partial charge in [-0.25, -0.2) is 19.9 Å². The van der Waals surface area contributed by atoms with Crippen LogP contribution in [0.15, 0.2) is 43.0 Å². The molecule has 4 heterocycles. The van der Waals surface area contributed by atoms with Crippen LogP contribution in [0.3, 0.4) is 0 Å². The number of aryl methyl sites for hydroxylation is 1. The van der Waals surface area contributed by atoms with E-state index in [-0.39, 0.29) is 25.2 Å². The second kappa shape index (κ2) is 11.3. The van der Waals surface area contributed by atoms with Gasteiger partial charge in [0.15, 0.2) is 0 Å². The molecule has 2 aliphatic rings. The molecule has 2 aromatic heterocycles. The summed E-state index contributed by atoms with van der Waals surface area (Å²) in [5, 5.41) is 0. The van der Waals surface area contributed by atoms with Gasteiger partial charge in [0, 0.05) is 49.8 Å². The van der Waals surface area contributed by atoms with Crippen molar-refractivity contribution >= 4 is 17.3 Å². The van der Waals surface area contributed by atoms with E-state index in [0.717, 1.165) is 55.0 Å². The third kappa shape index (κ3) is 5.63. The third-order valence-electron chi connectivity index (χ3n) is 6.39. The van der Waals surface area contributed by atoms with Crippen LogP contribution in [0.1, 0.15) is 42.4 Å². The van der Waals surface area contributed by atoms with Gasteiger partial charge in [0.1, 0.15) is 18.2 Å². The summed E-state index contributed by atoms with van der Waals surface area (Å²) in [5.74, 6) is 2.24. The van der Waals surface area contributed by atoms with Crippen molar-refractivity contribution < 1.29 is 22.0 Å². The van der Waals surface area contributed by atoms with Crippen molar-refractivity contribution in [1.82, 2.24) is 19.9 Å². The molecule has 2 aliphatic heterocycles. The highest BCUT2D eigenvalue weighted by Crippen LogP contribution is 2.35. The number of para-hydroxylation sites is 1. The predicted molar refractivity (Wildman–Crippen MR) is 133 cm³/mol. The number of anilines is 1. The van der Waals surface area contributed by atoms with Gasteiger partial charge >= 0.3 is 11.4 Å². The van der Waals surface area contributed by atoms with Crippen LogP contribution in [0, 0.1) is 6.92 Å². The minimum atomic E-state index is -1.69. The molecule has 190 valence electrons. The first-order valence-electron chi connectivity index (χ1n) is 12.1. The van der Waals surface area contributed by atoms with Gasteiger partial charge in [-0.3, -0.25) is 8.37 Å². The second-order valence-corrected chi connectivity index (χ2v) is 9.65. The number of aromatic nitrogens is 4. The number of benzene rings is 1. The molecule has 0 amide bonds. The molecule has 10 nitrogen and oxygen atoms in total. The molecule has 2 fully saturated rings. The summed E-state index contributed by atoms with van der Waals surface area (Å²) in [6.07, 6.45) is 7.87. The number of rotatable bonds is 7. The highest BCUT2D eigenvalue weighted by molar-refractivity contribution is 7.75. The fraction of sp³-hybridized carbons (Fsp3) is 0.440. The molecule has 0 spiro atoms. The summed E-state index contributed by atoms with van der Waals surface area (Å²) in [7, 11) is 0. The van der Waals surface area contributed by atoms with Gasteiger partial charge in [-0.2, -0.15) is 4.21 Å². The highest BCUT2D eigenvalue weighted by atomic mass is 32.2. The standard InChI is InChI=1S/C25H29N5O5S/c1-3-18-12-26-25(27-13-18)30-10-8-20(9-11-30)34-23-17(2)24(29-16-28-23)35-22-7-5-4-6-21(22)19-14-32-36(31)33-15-19/h4-7,12-13,16,19-20H,3,8-11,14-15H2,1-2H3. The third-order valence-corrected chi connectivity index (χ3v) is 7.05. The van der Waals surface area contributed by atoms with Crippen molar-refractivity contribution in [3.05, 3.63) is 59.7 Å². The van der Waals surface area contributed by atoms with Gasteiger partial charge in [-0.05, 0) is 25.0 Å². The van der Waals surface area contributed by atoms with E-state index in [9.17, 15) is 4.21 Å². The van der Waals surface area contributed by atoms with Crippen molar-refractivity contribution in [2.45, 2.75) is 45.1 Å². The Bertz CT molecular complexity index is 1190. The molecule has 0 saturated carbocycles. The van der Waals surface area contributed by atoms with Crippen LogP contribution in [-0.4, -0.2) is 56.6 Å². The Morgan fingerprint density at radius 1 is 1.03 bits per heavy atom. The van der Waals surface area contributed by atoms with Crippen LogP contribution < -0.4 is 14.4 Å². The van der Waals surface area contributed by atoms with E-state index < -0.39 is 11.4 Å². The fourth-order valence-corrected chi connectivity index (χ4v) is 4.84. The van der Waals surface area contributed by atoms with Gasteiger partial charge in [0.05, 0.1) is 18.8 Å². The molecule has 3 aromatic rings. The van der Waals surface area contributed by atoms with Gasteiger partial charge < -0.3 is 14.4 Å². The summed E-state index contributed by atoms with van der Waals surface area (Å²) in [4.78, 5) is 19.9. The molecule has 5 rings (SSSR count). The van der Waals surface area contributed by atoms with Crippen LogP contribution in [-0.2, 0) is 26.1 Å². The number of hydrogen-bond donors (Lipinski definition) is 0. The Kier molecular flexibility index (Phi) is 7.69. The first-order valence-corrected chi connectivity index (χ1v) is 13.1. The average Bonchev–Trinajstić information content (AvgIpc) is 2.92. The zero-order chi connectivity index (χ0) is 24.9. The van der Waals surface area contributed by atoms with Crippen LogP contribution in [0.25, 0.3) is 0 Å². The molecular weight excluding hydrogens is 482 g/mol. The lowest BCUT2D eigenvalue weighted by Crippen LogP contribution is -2.39. The maximum Gasteiger partial charge on any atom is 0.304 e. The van der Waals surface area contributed by atoms with Crippen molar-refractivity contribution in [1.29, 1.82) is 0 Å². The topological polar surface area (TPSA) is 109 Å². The molecular formula is C25H29N5O5S. The largest absolute Gasteiger partial charge is 0.474 e. The van der Waals surface area contributed by atoms with E-state index in [2.05, 4.69) is 31.8 Å². The Morgan fingerprint density at radius 3 is 2.44 bits per heavy atom. The average molecular weight is 512 g/mol. The molecule has 0 aliphatic carbocycles. The molecule has 11 heteroatoms. The summed E-state index contributed by atoms with van der Waals surface area (Å²) in [6.45, 7) is 6.19. The number of ether oxygens (including phenoxy) is 2. The lowest BCUT2D eigenvalue weighted by molar-refractivity contribution is 0.158. The molecule has 0 N–H and O–H groups in total. The first-order chi connectivity index (χ1) is 17.6. The lowest BCUT2D eigenvalue weighted by Gasteiger charge is -2.32. The lowest BCUT2D eigenvalue weighted by atomic mass is 10.00. The van der Waals surface area contributed by atoms with Crippen molar-refractivity contribution in [3.8, 4) is 17.5 Å². The minimum Gasteiger partial charge on any atom is -0.474 e. The van der Waals surface area contributed by atoms with Crippen LogP contribution in [0.5, 0.6) is 17.5 Å². The normalized spacial score (nSPS) is 20.8. The number of piperidine rings is 1. The quantitative estimate of drug-likeness (QED) is 0.466. The summed E-state index contributed by atoms with van der Waals surface area (Å²) in [6, 6.07) is 7.63. The predicted octanol–water partition coefficient (Wildman–Crippen LogP) is 3.69. The zero-order valence-electron chi connectivity index (χ0n) is 20.3. The van der Waals surface area contributed by atoms with Crippen molar-refractivity contribution in [2.75, 3.05) is 31.2 Å². The molecule has 0 unspecified atom stereocenters. The summed E-state index contributed by atoms with van der Waals surface area (Å²) < 4.78 is 34.2. The van der Waals surface area contributed by atoms with E-state index in [0.29, 0.717) is 17.5 Å². The molecule has 0 bridgehead atoms. The van der Waals surface area contributed by atoms with E-state index in [1.165, 1.54) is 6.33 Å². The second-order valence-electron chi connectivity index (χ2n) is 8.77. The molecule has 2 saturated heterocycles. The molecule has 1 aromatic carbocycles. The maximum atomic E-state index is 11.4. The minimum absolute atomic E-state index is 0.0299. The zero-order valence-corrected chi connectivity index (χ0v) is 21.1.